The van der Waals surface area contributed by atoms with Crippen molar-refractivity contribution in [3.8, 4) is 0 Å². The highest BCUT2D eigenvalue weighted by molar-refractivity contribution is 9.09. The van der Waals surface area contributed by atoms with E-state index in [2.05, 4.69) is 27.9 Å². The number of likely N-dealkylation sites (tertiary alicyclic amines) is 1. The third kappa shape index (κ3) is 1.75. The standard InChI is InChI=1S/C6H12BrN/c1-8-4-2-6(7)3-5-8/h6H,2-5H2,1H3. The third-order valence-electron chi connectivity index (χ3n) is 1.65. The van der Waals surface area contributed by atoms with Crippen LogP contribution in [-0.4, -0.2) is 29.9 Å². The molecule has 8 heavy (non-hydrogen) atoms. The average molecular weight is 178 g/mol. The van der Waals surface area contributed by atoms with Crippen molar-refractivity contribution >= 4 is 15.9 Å². The SMILES string of the molecule is CN1CCC(Br)CC1. The van der Waals surface area contributed by atoms with E-state index in [0.717, 1.165) is 4.83 Å². The molecule has 2 heteroatoms. The highest BCUT2D eigenvalue weighted by Crippen LogP contribution is 2.15. The Morgan fingerprint density at radius 2 is 1.88 bits per heavy atom. The van der Waals surface area contributed by atoms with E-state index in [9.17, 15) is 0 Å². The molecule has 0 aromatic heterocycles. The number of alkyl halides is 1. The molecule has 1 aliphatic rings. The first kappa shape index (κ1) is 6.56. The summed E-state index contributed by atoms with van der Waals surface area (Å²) in [6, 6.07) is 0. The predicted octanol–water partition coefficient (Wildman–Crippen LogP) is 1.48. The van der Waals surface area contributed by atoms with Gasteiger partial charge in [0.05, 0.1) is 0 Å². The molecule has 0 aliphatic carbocycles. The number of halogens is 1. The molecular formula is C6H12BrN. The van der Waals surface area contributed by atoms with Crippen molar-refractivity contribution in [1.82, 2.24) is 4.90 Å². The molecule has 1 aliphatic heterocycles. The second-order valence-electron chi connectivity index (χ2n) is 2.48. The Morgan fingerprint density at radius 1 is 1.38 bits per heavy atom. The maximum atomic E-state index is 3.59. The maximum Gasteiger partial charge on any atom is 0.0170 e. The molecule has 1 heterocycles. The zero-order valence-corrected chi connectivity index (χ0v) is 6.82. The van der Waals surface area contributed by atoms with Crippen molar-refractivity contribution in [1.29, 1.82) is 0 Å². The van der Waals surface area contributed by atoms with Crippen molar-refractivity contribution in [3.63, 3.8) is 0 Å². The number of piperidine rings is 1. The zero-order chi connectivity index (χ0) is 5.98. The maximum absolute atomic E-state index is 3.59. The summed E-state index contributed by atoms with van der Waals surface area (Å²) in [5, 5.41) is 0. The zero-order valence-electron chi connectivity index (χ0n) is 5.23. The number of rotatable bonds is 0. The minimum absolute atomic E-state index is 0.790. The molecule has 1 rings (SSSR count). The highest BCUT2D eigenvalue weighted by Gasteiger charge is 2.12. The molecule has 1 saturated heterocycles. The molecule has 0 bridgehead atoms. The topological polar surface area (TPSA) is 3.24 Å². The van der Waals surface area contributed by atoms with Gasteiger partial charge in [-0.3, -0.25) is 0 Å². The van der Waals surface area contributed by atoms with Crippen LogP contribution in [0.25, 0.3) is 0 Å². The van der Waals surface area contributed by atoms with Gasteiger partial charge < -0.3 is 4.90 Å². The lowest BCUT2D eigenvalue weighted by Gasteiger charge is -2.24. The second kappa shape index (κ2) is 2.83. The van der Waals surface area contributed by atoms with Gasteiger partial charge in [-0.1, -0.05) is 15.9 Å². The predicted molar refractivity (Wildman–Crippen MR) is 39.4 cm³/mol. The van der Waals surface area contributed by atoms with E-state index in [-0.39, 0.29) is 0 Å². The molecule has 0 saturated carbocycles. The van der Waals surface area contributed by atoms with Gasteiger partial charge in [0, 0.05) is 4.83 Å². The summed E-state index contributed by atoms with van der Waals surface area (Å²) in [7, 11) is 2.18. The van der Waals surface area contributed by atoms with Crippen LogP contribution >= 0.6 is 15.9 Å². The molecule has 0 aromatic carbocycles. The van der Waals surface area contributed by atoms with E-state index in [1.54, 1.807) is 0 Å². The minimum atomic E-state index is 0.790. The molecule has 0 amide bonds. The molecule has 0 atom stereocenters. The lowest BCUT2D eigenvalue weighted by molar-refractivity contribution is 0.284. The first-order chi connectivity index (χ1) is 3.79. The van der Waals surface area contributed by atoms with Crippen LogP contribution in [0.3, 0.4) is 0 Å². The Hall–Kier alpha value is 0.440. The van der Waals surface area contributed by atoms with Gasteiger partial charge in [0.25, 0.3) is 0 Å². The summed E-state index contributed by atoms with van der Waals surface area (Å²) < 4.78 is 0. The van der Waals surface area contributed by atoms with Crippen molar-refractivity contribution in [3.05, 3.63) is 0 Å². The summed E-state index contributed by atoms with van der Waals surface area (Å²) in [4.78, 5) is 3.16. The van der Waals surface area contributed by atoms with Gasteiger partial charge in [-0.2, -0.15) is 0 Å². The van der Waals surface area contributed by atoms with Crippen LogP contribution in [0.2, 0.25) is 0 Å². The summed E-state index contributed by atoms with van der Waals surface area (Å²) in [5.41, 5.74) is 0. The fraction of sp³-hybridized carbons (Fsp3) is 1.00. The number of nitrogens with zero attached hydrogens (tertiary/aromatic N) is 1. The third-order valence-corrected chi connectivity index (χ3v) is 2.56. The van der Waals surface area contributed by atoms with Crippen LogP contribution in [0.1, 0.15) is 12.8 Å². The number of hydrogen-bond acceptors (Lipinski definition) is 1. The van der Waals surface area contributed by atoms with Crippen LogP contribution in [0, 0.1) is 0 Å². The lowest BCUT2D eigenvalue weighted by atomic mass is 10.1. The van der Waals surface area contributed by atoms with E-state index in [4.69, 9.17) is 0 Å². The highest BCUT2D eigenvalue weighted by atomic mass is 79.9. The second-order valence-corrected chi connectivity index (χ2v) is 3.77. The summed E-state index contributed by atoms with van der Waals surface area (Å²) in [6.45, 7) is 2.52. The van der Waals surface area contributed by atoms with Gasteiger partial charge >= 0.3 is 0 Å². The van der Waals surface area contributed by atoms with E-state index < -0.39 is 0 Å². The Balaban J connectivity index is 2.19. The molecule has 0 radical (unpaired) electrons. The Kier molecular flexibility index (Phi) is 2.32. The van der Waals surface area contributed by atoms with Crippen molar-refractivity contribution < 1.29 is 0 Å². The van der Waals surface area contributed by atoms with Crippen molar-refractivity contribution in [2.24, 2.45) is 0 Å². The van der Waals surface area contributed by atoms with Crippen LogP contribution in [0.15, 0.2) is 0 Å². The van der Waals surface area contributed by atoms with E-state index in [0.29, 0.717) is 0 Å². The Morgan fingerprint density at radius 3 is 2.25 bits per heavy atom. The number of hydrogen-bond donors (Lipinski definition) is 0. The molecule has 0 unspecified atom stereocenters. The van der Waals surface area contributed by atoms with Crippen LogP contribution < -0.4 is 0 Å². The van der Waals surface area contributed by atoms with E-state index in [1.807, 2.05) is 0 Å². The fourth-order valence-corrected chi connectivity index (χ4v) is 1.39. The van der Waals surface area contributed by atoms with Crippen LogP contribution in [0.4, 0.5) is 0 Å². The van der Waals surface area contributed by atoms with Crippen LogP contribution in [-0.2, 0) is 0 Å². The van der Waals surface area contributed by atoms with Gasteiger partial charge in [0.1, 0.15) is 0 Å². The fourth-order valence-electron chi connectivity index (χ4n) is 0.977. The summed E-state index contributed by atoms with van der Waals surface area (Å²) in [5.74, 6) is 0. The minimum Gasteiger partial charge on any atom is -0.306 e. The average Bonchev–Trinajstić information content (AvgIpc) is 1.77. The van der Waals surface area contributed by atoms with Gasteiger partial charge in [-0.15, -0.1) is 0 Å². The first-order valence-corrected chi connectivity index (χ1v) is 4.03. The molecule has 1 nitrogen and oxygen atoms in total. The molecule has 1 fully saturated rings. The van der Waals surface area contributed by atoms with E-state index >= 15 is 0 Å². The summed E-state index contributed by atoms with van der Waals surface area (Å²) in [6.07, 6.45) is 2.63. The Labute approximate surface area is 59.2 Å². The van der Waals surface area contributed by atoms with Crippen LogP contribution in [0.5, 0.6) is 0 Å². The summed E-state index contributed by atoms with van der Waals surface area (Å²) >= 11 is 3.59. The lowest BCUT2D eigenvalue weighted by Crippen LogP contribution is -2.30. The molecule has 48 valence electrons. The quantitative estimate of drug-likeness (QED) is 0.508. The molecule has 0 aromatic rings. The van der Waals surface area contributed by atoms with Gasteiger partial charge in [-0.25, -0.2) is 0 Å². The normalized spacial score (nSPS) is 26.2. The molecular weight excluding hydrogens is 166 g/mol. The van der Waals surface area contributed by atoms with Crippen molar-refractivity contribution in [2.75, 3.05) is 20.1 Å². The van der Waals surface area contributed by atoms with Gasteiger partial charge in [0.2, 0.25) is 0 Å². The van der Waals surface area contributed by atoms with E-state index in [1.165, 1.54) is 25.9 Å². The Bertz CT molecular complexity index is 56.9. The van der Waals surface area contributed by atoms with Gasteiger partial charge in [0.15, 0.2) is 0 Å². The largest absolute Gasteiger partial charge is 0.306 e. The molecule has 0 spiro atoms. The first-order valence-electron chi connectivity index (χ1n) is 3.11. The monoisotopic (exact) mass is 177 g/mol. The molecule has 0 N–H and O–H groups in total. The van der Waals surface area contributed by atoms with Gasteiger partial charge in [-0.05, 0) is 33.0 Å². The smallest absolute Gasteiger partial charge is 0.0170 e. The van der Waals surface area contributed by atoms with Crippen molar-refractivity contribution in [2.45, 2.75) is 17.7 Å².